The Morgan fingerprint density at radius 2 is 2.14 bits per heavy atom. The van der Waals surface area contributed by atoms with Gasteiger partial charge in [-0.15, -0.1) is 0 Å². The van der Waals surface area contributed by atoms with E-state index in [0.29, 0.717) is 25.4 Å². The van der Waals surface area contributed by atoms with Crippen molar-refractivity contribution in [2.45, 2.75) is 31.6 Å². The second kappa shape index (κ2) is 10.3. The Kier molecular flexibility index (Phi) is 7.51. The van der Waals surface area contributed by atoms with E-state index in [4.69, 9.17) is 9.47 Å². The summed E-state index contributed by atoms with van der Waals surface area (Å²) in [6.45, 7) is 2.14. The van der Waals surface area contributed by atoms with Gasteiger partial charge in [0, 0.05) is 32.3 Å². The van der Waals surface area contributed by atoms with Crippen molar-refractivity contribution < 1.29 is 23.9 Å². The van der Waals surface area contributed by atoms with E-state index in [-0.39, 0.29) is 24.2 Å². The lowest BCUT2D eigenvalue weighted by atomic mass is 10.1. The van der Waals surface area contributed by atoms with Crippen LogP contribution in [0, 0.1) is 15.9 Å². The minimum absolute atomic E-state index is 0.00760. The highest BCUT2D eigenvalue weighted by Gasteiger charge is 2.22. The summed E-state index contributed by atoms with van der Waals surface area (Å²) >= 11 is 0. The third-order valence-electron chi connectivity index (χ3n) is 4.72. The molecule has 3 rings (SSSR count). The van der Waals surface area contributed by atoms with Crippen molar-refractivity contribution in [1.82, 2.24) is 4.90 Å². The summed E-state index contributed by atoms with van der Waals surface area (Å²) in [6.07, 6.45) is 1.24. The quantitative estimate of drug-likeness (QED) is 0.484. The molecule has 0 amide bonds. The van der Waals surface area contributed by atoms with Gasteiger partial charge in [0.25, 0.3) is 5.69 Å². The zero-order valence-electron chi connectivity index (χ0n) is 16.1. The number of non-ortho nitro benzene ring substituents is 1. The first-order valence-electron chi connectivity index (χ1n) is 9.63. The average molecular weight is 404 g/mol. The van der Waals surface area contributed by atoms with Crippen molar-refractivity contribution in [3.8, 4) is 5.75 Å². The molecule has 29 heavy (non-hydrogen) atoms. The number of nitro groups is 1. The summed E-state index contributed by atoms with van der Waals surface area (Å²) in [5.74, 6) is 0.0307. The van der Waals surface area contributed by atoms with Crippen LogP contribution in [-0.2, 0) is 11.3 Å². The number of aliphatic hydroxyl groups is 1. The molecule has 2 atom stereocenters. The van der Waals surface area contributed by atoms with Crippen molar-refractivity contribution in [2.24, 2.45) is 0 Å². The van der Waals surface area contributed by atoms with E-state index >= 15 is 0 Å². The summed E-state index contributed by atoms with van der Waals surface area (Å²) < 4.78 is 24.7. The second-order valence-corrected chi connectivity index (χ2v) is 7.18. The molecule has 0 aromatic heterocycles. The SMILES string of the molecule is O=[N+]([O-])c1cccc(OCC(O)CN(Cc2cccc(F)c2)CC2CCCO2)c1. The summed E-state index contributed by atoms with van der Waals surface area (Å²) in [4.78, 5) is 12.4. The van der Waals surface area contributed by atoms with Crippen LogP contribution in [0.3, 0.4) is 0 Å². The van der Waals surface area contributed by atoms with Gasteiger partial charge >= 0.3 is 0 Å². The Balaban J connectivity index is 1.58. The molecule has 1 fully saturated rings. The zero-order valence-corrected chi connectivity index (χ0v) is 16.1. The number of benzene rings is 2. The molecule has 0 spiro atoms. The fourth-order valence-electron chi connectivity index (χ4n) is 3.40. The predicted octanol–water partition coefficient (Wildman–Crippen LogP) is 3.15. The first-order valence-corrected chi connectivity index (χ1v) is 9.63. The van der Waals surface area contributed by atoms with Crippen LogP contribution < -0.4 is 4.74 Å². The van der Waals surface area contributed by atoms with E-state index in [1.165, 1.54) is 30.3 Å². The zero-order chi connectivity index (χ0) is 20.6. The van der Waals surface area contributed by atoms with Gasteiger partial charge in [-0.1, -0.05) is 18.2 Å². The maximum atomic E-state index is 13.5. The van der Waals surface area contributed by atoms with Crippen molar-refractivity contribution >= 4 is 5.69 Å². The van der Waals surface area contributed by atoms with Gasteiger partial charge < -0.3 is 14.6 Å². The van der Waals surface area contributed by atoms with Gasteiger partial charge in [-0.2, -0.15) is 0 Å². The third-order valence-corrected chi connectivity index (χ3v) is 4.72. The van der Waals surface area contributed by atoms with Crippen LogP contribution in [0.5, 0.6) is 5.75 Å². The lowest BCUT2D eigenvalue weighted by molar-refractivity contribution is -0.384. The Morgan fingerprint density at radius 1 is 1.31 bits per heavy atom. The molecule has 1 aliphatic heterocycles. The molecule has 2 unspecified atom stereocenters. The molecule has 7 nitrogen and oxygen atoms in total. The van der Waals surface area contributed by atoms with Gasteiger partial charge in [0.2, 0.25) is 0 Å². The average Bonchev–Trinajstić information content (AvgIpc) is 3.19. The van der Waals surface area contributed by atoms with Crippen molar-refractivity contribution in [3.63, 3.8) is 0 Å². The van der Waals surface area contributed by atoms with E-state index in [9.17, 15) is 19.6 Å². The molecule has 2 aromatic carbocycles. The molecule has 8 heteroatoms. The van der Waals surface area contributed by atoms with Gasteiger partial charge in [0.15, 0.2) is 0 Å². The molecule has 2 aromatic rings. The van der Waals surface area contributed by atoms with Crippen molar-refractivity contribution in [2.75, 3.05) is 26.3 Å². The number of hydrogen-bond donors (Lipinski definition) is 1. The van der Waals surface area contributed by atoms with Gasteiger partial charge in [0.05, 0.1) is 17.1 Å². The minimum atomic E-state index is -0.816. The lowest BCUT2D eigenvalue weighted by Gasteiger charge is -2.27. The van der Waals surface area contributed by atoms with Crippen LogP contribution in [0.4, 0.5) is 10.1 Å². The Hall–Kier alpha value is -2.55. The summed E-state index contributed by atoms with van der Waals surface area (Å²) in [5, 5.41) is 21.3. The molecular weight excluding hydrogens is 379 g/mol. The van der Waals surface area contributed by atoms with Gasteiger partial charge in [-0.25, -0.2) is 4.39 Å². The van der Waals surface area contributed by atoms with Crippen LogP contribution in [0.25, 0.3) is 0 Å². The molecule has 156 valence electrons. The highest BCUT2D eigenvalue weighted by atomic mass is 19.1. The summed E-state index contributed by atoms with van der Waals surface area (Å²) in [5.41, 5.74) is 0.748. The van der Waals surface area contributed by atoms with E-state index in [2.05, 4.69) is 0 Å². The monoisotopic (exact) mass is 404 g/mol. The second-order valence-electron chi connectivity index (χ2n) is 7.18. The van der Waals surface area contributed by atoms with E-state index in [1.807, 2.05) is 11.0 Å². The number of hydrogen-bond acceptors (Lipinski definition) is 6. The topological polar surface area (TPSA) is 85.1 Å². The van der Waals surface area contributed by atoms with Gasteiger partial charge in [-0.3, -0.25) is 15.0 Å². The van der Waals surface area contributed by atoms with E-state index < -0.39 is 11.0 Å². The molecule has 0 saturated carbocycles. The van der Waals surface area contributed by atoms with Crippen LogP contribution >= 0.6 is 0 Å². The molecule has 1 heterocycles. The van der Waals surface area contributed by atoms with Crippen molar-refractivity contribution in [1.29, 1.82) is 0 Å². The molecule has 1 aliphatic rings. The fraction of sp³-hybridized carbons (Fsp3) is 0.429. The molecule has 0 aliphatic carbocycles. The maximum absolute atomic E-state index is 13.5. The lowest BCUT2D eigenvalue weighted by Crippen LogP contribution is -2.39. The first-order chi connectivity index (χ1) is 14.0. The van der Waals surface area contributed by atoms with E-state index in [1.54, 1.807) is 12.1 Å². The molecule has 0 bridgehead atoms. The fourth-order valence-corrected chi connectivity index (χ4v) is 3.40. The van der Waals surface area contributed by atoms with Crippen LogP contribution in [0.15, 0.2) is 48.5 Å². The Morgan fingerprint density at radius 3 is 2.86 bits per heavy atom. The number of halogens is 1. The molecule has 1 saturated heterocycles. The summed E-state index contributed by atoms with van der Waals surface area (Å²) in [6, 6.07) is 12.2. The van der Waals surface area contributed by atoms with Crippen LogP contribution in [-0.4, -0.2) is 53.4 Å². The normalized spacial score (nSPS) is 17.4. The number of ether oxygens (including phenoxy) is 2. The summed E-state index contributed by atoms with van der Waals surface area (Å²) in [7, 11) is 0. The van der Waals surface area contributed by atoms with Gasteiger partial charge in [0.1, 0.15) is 24.3 Å². The van der Waals surface area contributed by atoms with Crippen LogP contribution in [0.1, 0.15) is 18.4 Å². The highest BCUT2D eigenvalue weighted by Crippen LogP contribution is 2.20. The first kappa shape index (κ1) is 21.2. The molecule has 1 N–H and O–H groups in total. The largest absolute Gasteiger partial charge is 0.491 e. The number of aliphatic hydroxyl groups excluding tert-OH is 1. The minimum Gasteiger partial charge on any atom is -0.491 e. The van der Waals surface area contributed by atoms with Gasteiger partial charge in [-0.05, 0) is 36.6 Å². The number of rotatable bonds is 10. The van der Waals surface area contributed by atoms with Crippen molar-refractivity contribution in [3.05, 3.63) is 70.0 Å². The standard InChI is InChI=1S/C21H25FN2O5/c22-17-5-1-4-16(10-17)12-23(14-21-8-3-9-28-21)13-19(25)15-29-20-7-2-6-18(11-20)24(26)27/h1-2,4-7,10-11,19,21,25H,3,8-9,12-15H2. The smallest absolute Gasteiger partial charge is 0.273 e. The molecular formula is C21H25FN2O5. The maximum Gasteiger partial charge on any atom is 0.273 e. The third kappa shape index (κ3) is 6.77. The van der Waals surface area contributed by atoms with Crippen LogP contribution in [0.2, 0.25) is 0 Å². The Labute approximate surface area is 168 Å². The number of nitro benzene ring substituents is 1. The predicted molar refractivity (Wildman–Crippen MR) is 105 cm³/mol. The highest BCUT2D eigenvalue weighted by molar-refractivity contribution is 5.37. The van der Waals surface area contributed by atoms with E-state index in [0.717, 1.165) is 25.0 Å². The number of nitrogens with zero attached hydrogens (tertiary/aromatic N) is 2. The Bertz CT molecular complexity index is 813. The molecule has 0 radical (unpaired) electrons.